The van der Waals surface area contributed by atoms with Crippen LogP contribution in [0, 0.1) is 11.8 Å². The van der Waals surface area contributed by atoms with E-state index in [0.717, 1.165) is 17.8 Å². The van der Waals surface area contributed by atoms with Crippen LogP contribution >= 0.6 is 0 Å². The maximum Gasteiger partial charge on any atom is -0.0162 e. The highest BCUT2D eigenvalue weighted by atomic mass is 14.3. The SMILES string of the molecule is CCCCCCC1CC=C(c2ccc(C3CCC(CCC)CC3)cc2)CC1. The van der Waals surface area contributed by atoms with E-state index in [2.05, 4.69) is 44.2 Å². The van der Waals surface area contributed by atoms with Gasteiger partial charge in [-0.05, 0) is 79.4 Å². The summed E-state index contributed by atoms with van der Waals surface area (Å²) in [6.45, 7) is 4.64. The molecular formula is C27H42. The zero-order valence-corrected chi connectivity index (χ0v) is 18.0. The van der Waals surface area contributed by atoms with Gasteiger partial charge in [0.15, 0.2) is 0 Å². The summed E-state index contributed by atoms with van der Waals surface area (Å²) in [7, 11) is 0. The first-order valence-electron chi connectivity index (χ1n) is 12.1. The Bertz CT molecular complexity index is 556. The van der Waals surface area contributed by atoms with Crippen LogP contribution in [-0.4, -0.2) is 0 Å². The van der Waals surface area contributed by atoms with Crippen molar-refractivity contribution in [1.82, 2.24) is 0 Å². The predicted octanol–water partition coefficient (Wildman–Crippen LogP) is 8.91. The zero-order valence-electron chi connectivity index (χ0n) is 18.0. The number of rotatable bonds is 9. The standard InChI is InChI=1S/C27H42/c1-3-5-6-7-9-23-12-16-25(17-13-23)27-20-18-26(19-21-27)24-14-10-22(8-4-2)11-15-24/h16,18-24H,3-15,17H2,1-2H3. The van der Waals surface area contributed by atoms with Crippen LogP contribution in [-0.2, 0) is 0 Å². The van der Waals surface area contributed by atoms with Gasteiger partial charge in [0.25, 0.3) is 0 Å². The molecule has 0 heteroatoms. The molecule has 0 bridgehead atoms. The Morgan fingerprint density at radius 2 is 1.52 bits per heavy atom. The highest BCUT2D eigenvalue weighted by Gasteiger charge is 2.22. The minimum absolute atomic E-state index is 0.819. The van der Waals surface area contributed by atoms with Gasteiger partial charge in [-0.2, -0.15) is 0 Å². The summed E-state index contributed by atoms with van der Waals surface area (Å²) in [6.07, 6.45) is 22.2. The lowest BCUT2D eigenvalue weighted by atomic mass is 9.77. The van der Waals surface area contributed by atoms with Crippen molar-refractivity contribution in [3.05, 3.63) is 41.5 Å². The Kier molecular flexibility index (Phi) is 8.49. The molecule has 2 aliphatic carbocycles. The lowest BCUT2D eigenvalue weighted by Crippen LogP contribution is -2.13. The summed E-state index contributed by atoms with van der Waals surface area (Å²) in [6, 6.07) is 9.72. The minimum Gasteiger partial charge on any atom is -0.0804 e. The second-order valence-corrected chi connectivity index (χ2v) is 9.35. The summed E-state index contributed by atoms with van der Waals surface area (Å²) in [4.78, 5) is 0. The maximum atomic E-state index is 2.55. The molecule has 1 atom stereocenters. The summed E-state index contributed by atoms with van der Waals surface area (Å²) >= 11 is 0. The summed E-state index contributed by atoms with van der Waals surface area (Å²) in [5.41, 5.74) is 4.69. The zero-order chi connectivity index (χ0) is 18.9. The number of hydrogen-bond donors (Lipinski definition) is 0. The molecule has 0 radical (unpaired) electrons. The van der Waals surface area contributed by atoms with Gasteiger partial charge in [-0.15, -0.1) is 0 Å². The van der Waals surface area contributed by atoms with E-state index in [9.17, 15) is 0 Å². The van der Waals surface area contributed by atoms with Crippen molar-refractivity contribution in [3.63, 3.8) is 0 Å². The topological polar surface area (TPSA) is 0 Å². The van der Waals surface area contributed by atoms with Crippen LogP contribution in [0.3, 0.4) is 0 Å². The van der Waals surface area contributed by atoms with Gasteiger partial charge in [0.1, 0.15) is 0 Å². The molecule has 0 aliphatic heterocycles. The maximum absolute atomic E-state index is 2.55. The largest absolute Gasteiger partial charge is 0.0804 e. The van der Waals surface area contributed by atoms with Gasteiger partial charge in [-0.3, -0.25) is 0 Å². The molecule has 0 heterocycles. The molecule has 27 heavy (non-hydrogen) atoms. The molecule has 2 aliphatic rings. The molecule has 1 aromatic rings. The molecule has 0 spiro atoms. The van der Waals surface area contributed by atoms with Gasteiger partial charge < -0.3 is 0 Å². The van der Waals surface area contributed by atoms with Gasteiger partial charge in [-0.25, -0.2) is 0 Å². The minimum atomic E-state index is 0.819. The predicted molar refractivity (Wildman–Crippen MR) is 120 cm³/mol. The molecule has 0 saturated heterocycles. The Labute approximate surface area is 168 Å². The first-order valence-corrected chi connectivity index (χ1v) is 12.1. The van der Waals surface area contributed by atoms with Crippen molar-refractivity contribution in [2.45, 2.75) is 110 Å². The molecule has 1 aromatic carbocycles. The lowest BCUT2D eigenvalue weighted by molar-refractivity contribution is 0.308. The quantitative estimate of drug-likeness (QED) is 0.383. The highest BCUT2D eigenvalue weighted by molar-refractivity contribution is 5.66. The van der Waals surface area contributed by atoms with Gasteiger partial charge in [-0.1, -0.05) is 89.1 Å². The molecule has 0 amide bonds. The Hall–Kier alpha value is -1.04. The molecule has 1 saturated carbocycles. The fourth-order valence-electron chi connectivity index (χ4n) is 5.43. The van der Waals surface area contributed by atoms with Gasteiger partial charge in [0.2, 0.25) is 0 Å². The third-order valence-corrected chi connectivity index (χ3v) is 7.28. The molecule has 0 nitrogen and oxygen atoms in total. The number of allylic oxidation sites excluding steroid dienone is 2. The second-order valence-electron chi connectivity index (χ2n) is 9.35. The molecule has 1 unspecified atom stereocenters. The molecule has 1 fully saturated rings. The number of benzene rings is 1. The smallest absolute Gasteiger partial charge is 0.0162 e. The van der Waals surface area contributed by atoms with Crippen molar-refractivity contribution in [2.24, 2.45) is 11.8 Å². The van der Waals surface area contributed by atoms with E-state index in [-0.39, 0.29) is 0 Å². The Balaban J connectivity index is 1.47. The van der Waals surface area contributed by atoms with Crippen molar-refractivity contribution in [2.75, 3.05) is 0 Å². The monoisotopic (exact) mass is 366 g/mol. The van der Waals surface area contributed by atoms with E-state index in [1.54, 1.807) is 11.1 Å². The van der Waals surface area contributed by atoms with Crippen molar-refractivity contribution >= 4 is 5.57 Å². The average Bonchev–Trinajstić information content (AvgIpc) is 2.73. The number of hydrogen-bond acceptors (Lipinski definition) is 0. The Morgan fingerprint density at radius 3 is 2.15 bits per heavy atom. The van der Waals surface area contributed by atoms with Crippen molar-refractivity contribution < 1.29 is 0 Å². The molecule has 3 rings (SSSR count). The van der Waals surface area contributed by atoms with E-state index >= 15 is 0 Å². The fourth-order valence-corrected chi connectivity index (χ4v) is 5.43. The first kappa shape index (κ1) is 20.7. The van der Waals surface area contributed by atoms with E-state index < -0.39 is 0 Å². The normalized spacial score (nSPS) is 26.0. The molecule has 0 N–H and O–H groups in total. The van der Waals surface area contributed by atoms with Gasteiger partial charge >= 0.3 is 0 Å². The third-order valence-electron chi connectivity index (χ3n) is 7.28. The highest BCUT2D eigenvalue weighted by Crippen LogP contribution is 2.38. The van der Waals surface area contributed by atoms with Crippen LogP contribution in [0.25, 0.3) is 5.57 Å². The second kappa shape index (κ2) is 11.1. The third kappa shape index (κ3) is 6.23. The average molecular weight is 367 g/mol. The van der Waals surface area contributed by atoms with Crippen LogP contribution in [0.15, 0.2) is 30.3 Å². The van der Waals surface area contributed by atoms with Crippen LogP contribution in [0.2, 0.25) is 0 Å². The van der Waals surface area contributed by atoms with Crippen LogP contribution in [0.1, 0.15) is 121 Å². The van der Waals surface area contributed by atoms with Gasteiger partial charge in [0, 0.05) is 0 Å². The summed E-state index contributed by atoms with van der Waals surface area (Å²) in [5, 5.41) is 0. The molecular weight excluding hydrogens is 324 g/mol. The van der Waals surface area contributed by atoms with Gasteiger partial charge in [0.05, 0.1) is 0 Å². The van der Waals surface area contributed by atoms with Crippen molar-refractivity contribution in [3.8, 4) is 0 Å². The molecule has 0 aromatic heterocycles. The van der Waals surface area contributed by atoms with Crippen molar-refractivity contribution in [1.29, 1.82) is 0 Å². The van der Waals surface area contributed by atoms with E-state index in [0.29, 0.717) is 0 Å². The van der Waals surface area contributed by atoms with Crippen LogP contribution < -0.4 is 0 Å². The summed E-state index contributed by atoms with van der Waals surface area (Å²) in [5.74, 6) is 2.77. The lowest BCUT2D eigenvalue weighted by Gasteiger charge is -2.29. The fraction of sp³-hybridized carbons (Fsp3) is 0.704. The number of unbranched alkanes of at least 4 members (excludes halogenated alkanes) is 3. The van der Waals surface area contributed by atoms with E-state index in [1.165, 1.54) is 95.5 Å². The Morgan fingerprint density at radius 1 is 0.741 bits per heavy atom. The first-order chi connectivity index (χ1) is 13.3. The van der Waals surface area contributed by atoms with E-state index in [1.807, 2.05) is 0 Å². The summed E-state index contributed by atoms with van der Waals surface area (Å²) < 4.78 is 0. The molecule has 150 valence electrons. The van der Waals surface area contributed by atoms with E-state index in [4.69, 9.17) is 0 Å². The van der Waals surface area contributed by atoms with Crippen LogP contribution in [0.5, 0.6) is 0 Å². The van der Waals surface area contributed by atoms with Crippen LogP contribution in [0.4, 0.5) is 0 Å².